The van der Waals surface area contributed by atoms with E-state index in [0.717, 1.165) is 11.1 Å². The smallest absolute Gasteiger partial charge is 0.258 e. The number of benzene rings is 3. The van der Waals surface area contributed by atoms with E-state index in [1.54, 1.807) is 22.9 Å². The summed E-state index contributed by atoms with van der Waals surface area (Å²) in [6.07, 6.45) is 2.15. The molecule has 0 aliphatic rings. The Balaban J connectivity index is 1.69. The second-order valence-electron chi connectivity index (χ2n) is 8.22. The van der Waals surface area contributed by atoms with Crippen LogP contribution in [-0.2, 0) is 13.0 Å². The van der Waals surface area contributed by atoms with Crippen molar-refractivity contribution in [2.24, 2.45) is 0 Å². The van der Waals surface area contributed by atoms with Crippen LogP contribution in [0.3, 0.4) is 0 Å². The molecule has 174 valence electrons. The van der Waals surface area contributed by atoms with Crippen molar-refractivity contribution in [3.05, 3.63) is 116 Å². The zero-order valence-corrected chi connectivity index (χ0v) is 20.5. The molecule has 1 N–H and O–H groups in total. The van der Waals surface area contributed by atoms with Crippen LogP contribution in [0.4, 0.5) is 11.6 Å². The lowest BCUT2D eigenvalue weighted by Gasteiger charge is -2.17. The minimum absolute atomic E-state index is 0.0136. The van der Waals surface area contributed by atoms with Crippen LogP contribution in [0.25, 0.3) is 0 Å². The number of halogens is 2. The lowest BCUT2D eigenvalue weighted by atomic mass is 10.1. The number of hydrogen-bond acceptors (Lipinski definition) is 4. The molecule has 3 aromatic carbocycles. The van der Waals surface area contributed by atoms with Gasteiger partial charge in [-0.1, -0.05) is 65.7 Å². The predicted octanol–water partition coefficient (Wildman–Crippen LogP) is 6.72. The Kier molecular flexibility index (Phi) is 7.56. The molecule has 0 aliphatic heterocycles. The molecule has 0 saturated carbocycles. The molecule has 34 heavy (non-hydrogen) atoms. The van der Waals surface area contributed by atoms with E-state index in [1.165, 1.54) is 0 Å². The Labute approximate surface area is 209 Å². The van der Waals surface area contributed by atoms with E-state index in [1.807, 2.05) is 74.5 Å². The second-order valence-corrected chi connectivity index (χ2v) is 9.07. The first kappa shape index (κ1) is 23.9. The minimum Gasteiger partial charge on any atom is -0.489 e. The van der Waals surface area contributed by atoms with Crippen molar-refractivity contribution in [2.45, 2.75) is 32.9 Å². The van der Waals surface area contributed by atoms with Gasteiger partial charge in [0, 0.05) is 28.9 Å². The lowest BCUT2D eigenvalue weighted by molar-refractivity contribution is 0.242. The van der Waals surface area contributed by atoms with Crippen LogP contribution >= 0.6 is 23.2 Å². The highest BCUT2D eigenvalue weighted by Gasteiger charge is 2.13. The van der Waals surface area contributed by atoms with Crippen molar-refractivity contribution in [1.29, 1.82) is 0 Å². The maximum atomic E-state index is 13.5. The number of nitrogens with zero attached hydrogens (tertiary/aromatic N) is 2. The molecule has 0 aliphatic carbocycles. The second kappa shape index (κ2) is 10.8. The largest absolute Gasteiger partial charge is 0.489 e. The molecule has 4 aromatic rings. The Hall–Kier alpha value is -3.28. The van der Waals surface area contributed by atoms with Crippen LogP contribution in [0.2, 0.25) is 10.0 Å². The third-order valence-electron chi connectivity index (χ3n) is 5.16. The van der Waals surface area contributed by atoms with E-state index in [9.17, 15) is 4.79 Å². The number of nitrogens with one attached hydrogen (secondary N) is 1. The molecule has 4 rings (SSSR count). The third kappa shape index (κ3) is 5.99. The van der Waals surface area contributed by atoms with E-state index in [-0.39, 0.29) is 11.7 Å². The highest BCUT2D eigenvalue weighted by atomic mass is 35.5. The van der Waals surface area contributed by atoms with Crippen molar-refractivity contribution in [3.63, 3.8) is 0 Å². The fourth-order valence-electron chi connectivity index (χ4n) is 3.55. The predicted molar refractivity (Wildman–Crippen MR) is 139 cm³/mol. The van der Waals surface area contributed by atoms with Gasteiger partial charge in [0.1, 0.15) is 5.75 Å². The number of anilines is 2. The maximum Gasteiger partial charge on any atom is 0.258 e. The zero-order chi connectivity index (χ0) is 24.1. The Bertz CT molecular complexity index is 1320. The molecular formula is C27H25Cl2N3O2. The average Bonchev–Trinajstić information content (AvgIpc) is 2.81. The molecule has 0 bridgehead atoms. The average molecular weight is 494 g/mol. The van der Waals surface area contributed by atoms with E-state index >= 15 is 0 Å². The molecule has 0 atom stereocenters. The molecule has 0 unspecified atom stereocenters. The zero-order valence-electron chi connectivity index (χ0n) is 19.0. The van der Waals surface area contributed by atoms with E-state index < -0.39 is 0 Å². The highest BCUT2D eigenvalue weighted by molar-refractivity contribution is 6.32. The molecule has 0 spiro atoms. The van der Waals surface area contributed by atoms with Crippen LogP contribution in [-0.4, -0.2) is 15.7 Å². The van der Waals surface area contributed by atoms with Gasteiger partial charge in [0.15, 0.2) is 0 Å². The van der Waals surface area contributed by atoms with Crippen molar-refractivity contribution in [1.82, 2.24) is 9.55 Å². The summed E-state index contributed by atoms with van der Waals surface area (Å²) in [4.78, 5) is 18.1. The molecule has 1 heterocycles. The maximum absolute atomic E-state index is 13.5. The molecule has 7 heteroatoms. The van der Waals surface area contributed by atoms with Crippen molar-refractivity contribution >= 4 is 34.8 Å². The highest BCUT2D eigenvalue weighted by Crippen LogP contribution is 2.29. The van der Waals surface area contributed by atoms with Gasteiger partial charge >= 0.3 is 0 Å². The summed E-state index contributed by atoms with van der Waals surface area (Å²) in [6, 6.07) is 22.7. The van der Waals surface area contributed by atoms with Gasteiger partial charge in [-0.15, -0.1) is 0 Å². The molecule has 0 amide bonds. The summed E-state index contributed by atoms with van der Waals surface area (Å²) in [5, 5.41) is 4.36. The fourth-order valence-corrected chi connectivity index (χ4v) is 3.90. The van der Waals surface area contributed by atoms with Gasteiger partial charge in [-0.25, -0.2) is 4.98 Å². The van der Waals surface area contributed by atoms with Crippen molar-refractivity contribution in [3.8, 4) is 5.75 Å². The normalized spacial score (nSPS) is 11.0. The quantitative estimate of drug-likeness (QED) is 0.296. The summed E-state index contributed by atoms with van der Waals surface area (Å²) in [7, 11) is 0. The van der Waals surface area contributed by atoms with Crippen LogP contribution < -0.4 is 15.6 Å². The third-order valence-corrected chi connectivity index (χ3v) is 5.71. The number of hydrogen-bond donors (Lipinski definition) is 1. The Morgan fingerprint density at radius 1 is 0.971 bits per heavy atom. The summed E-state index contributed by atoms with van der Waals surface area (Å²) >= 11 is 12.4. The van der Waals surface area contributed by atoms with Gasteiger partial charge in [0.25, 0.3) is 5.56 Å². The summed E-state index contributed by atoms with van der Waals surface area (Å²) < 4.78 is 7.35. The first-order chi connectivity index (χ1) is 16.4. The van der Waals surface area contributed by atoms with Gasteiger partial charge in [0.2, 0.25) is 5.95 Å². The van der Waals surface area contributed by atoms with Crippen molar-refractivity contribution < 1.29 is 4.74 Å². The van der Waals surface area contributed by atoms with E-state index in [2.05, 4.69) is 10.3 Å². The first-order valence-corrected chi connectivity index (χ1v) is 11.7. The minimum atomic E-state index is -0.109. The molecule has 5 nitrogen and oxygen atoms in total. The van der Waals surface area contributed by atoms with Crippen LogP contribution in [0.15, 0.2) is 83.8 Å². The SMILES string of the molecule is CC(C)Oc1ccc(Nc2ncc(Cc3ccccc3)c(=O)n2Cc2ccc(Cl)cc2)cc1Cl. The fraction of sp³-hybridized carbons (Fsp3) is 0.185. The molecular weight excluding hydrogens is 469 g/mol. The summed E-state index contributed by atoms with van der Waals surface area (Å²) in [6.45, 7) is 4.23. The molecule has 1 aromatic heterocycles. The molecule has 0 fully saturated rings. The van der Waals surface area contributed by atoms with E-state index in [4.69, 9.17) is 27.9 Å². The van der Waals surface area contributed by atoms with Crippen LogP contribution in [0, 0.1) is 0 Å². The van der Waals surface area contributed by atoms with Gasteiger partial charge < -0.3 is 10.1 Å². The van der Waals surface area contributed by atoms with Crippen LogP contribution in [0.5, 0.6) is 5.75 Å². The lowest BCUT2D eigenvalue weighted by Crippen LogP contribution is -2.27. The number of aromatic nitrogens is 2. The monoisotopic (exact) mass is 493 g/mol. The van der Waals surface area contributed by atoms with Crippen LogP contribution in [0.1, 0.15) is 30.5 Å². The topological polar surface area (TPSA) is 56.1 Å². The molecule has 0 radical (unpaired) electrons. The Morgan fingerprint density at radius 2 is 1.71 bits per heavy atom. The van der Waals surface area contributed by atoms with E-state index in [0.29, 0.717) is 46.0 Å². The Morgan fingerprint density at radius 3 is 2.38 bits per heavy atom. The number of ether oxygens (including phenoxy) is 1. The van der Waals surface area contributed by atoms with Gasteiger partial charge in [0.05, 0.1) is 17.7 Å². The van der Waals surface area contributed by atoms with Gasteiger partial charge in [-0.2, -0.15) is 0 Å². The summed E-state index contributed by atoms with van der Waals surface area (Å²) in [5.74, 6) is 1.03. The number of rotatable bonds is 8. The first-order valence-electron chi connectivity index (χ1n) is 11.0. The molecule has 0 saturated heterocycles. The standard InChI is InChI=1S/C27H25Cl2N3O2/c1-18(2)34-25-13-12-23(15-24(25)29)31-27-30-16-21(14-19-6-4-3-5-7-19)26(33)32(27)17-20-8-10-22(28)11-9-20/h3-13,15-16,18H,14,17H2,1-2H3,(H,30,31). The van der Waals surface area contributed by atoms with Crippen molar-refractivity contribution in [2.75, 3.05) is 5.32 Å². The van der Waals surface area contributed by atoms with Gasteiger partial charge in [-0.05, 0) is 55.3 Å². The van der Waals surface area contributed by atoms with Gasteiger partial charge in [-0.3, -0.25) is 9.36 Å². The summed E-state index contributed by atoms with van der Waals surface area (Å²) in [5.41, 5.74) is 3.19.